The van der Waals surface area contributed by atoms with Crippen LogP contribution in [-0.4, -0.2) is 53.3 Å². The molecule has 1 heterocycles. The van der Waals surface area contributed by atoms with Crippen molar-refractivity contribution in [3.05, 3.63) is 0 Å². The van der Waals surface area contributed by atoms with E-state index in [0.29, 0.717) is 32.0 Å². The first-order valence-electron chi connectivity index (χ1n) is 9.26. The zero-order chi connectivity index (χ0) is 18.7. The Bertz CT molecular complexity index is 442. The third-order valence-electron chi connectivity index (χ3n) is 4.75. The summed E-state index contributed by atoms with van der Waals surface area (Å²) in [6.45, 7) is 16.5. The van der Waals surface area contributed by atoms with Gasteiger partial charge in [0.15, 0.2) is 0 Å². The molecule has 5 heteroatoms. The van der Waals surface area contributed by atoms with Gasteiger partial charge in [-0.05, 0) is 30.6 Å². The van der Waals surface area contributed by atoms with Crippen LogP contribution in [0.15, 0.2) is 0 Å². The van der Waals surface area contributed by atoms with E-state index in [4.69, 9.17) is 5.73 Å². The van der Waals surface area contributed by atoms with Crippen molar-refractivity contribution in [2.45, 2.75) is 73.4 Å². The van der Waals surface area contributed by atoms with Crippen molar-refractivity contribution >= 4 is 11.8 Å². The van der Waals surface area contributed by atoms with Crippen molar-refractivity contribution in [2.75, 3.05) is 19.6 Å². The number of piperazine rings is 1. The van der Waals surface area contributed by atoms with E-state index in [1.807, 2.05) is 30.6 Å². The molecular weight excluding hydrogens is 302 g/mol. The molecular formula is C19H37N3O2. The molecule has 2 N–H and O–H groups in total. The van der Waals surface area contributed by atoms with Crippen molar-refractivity contribution in [3.63, 3.8) is 0 Å². The molecule has 3 atom stereocenters. The normalized spacial score (nSPS) is 21.8. The average Bonchev–Trinajstić information content (AvgIpc) is 2.42. The fourth-order valence-electron chi connectivity index (χ4n) is 3.56. The van der Waals surface area contributed by atoms with Crippen molar-refractivity contribution in [1.82, 2.24) is 9.80 Å². The fraction of sp³-hybridized carbons (Fsp3) is 0.895. The minimum absolute atomic E-state index is 0.00468. The third kappa shape index (κ3) is 6.08. The molecule has 0 saturated carbocycles. The molecule has 0 aromatic rings. The molecule has 0 aromatic carbocycles. The number of nitrogens with two attached hydrogens (primary N) is 1. The van der Waals surface area contributed by atoms with Crippen molar-refractivity contribution in [1.29, 1.82) is 0 Å². The molecule has 2 amide bonds. The highest BCUT2D eigenvalue weighted by molar-refractivity contribution is 5.82. The summed E-state index contributed by atoms with van der Waals surface area (Å²) >= 11 is 0. The van der Waals surface area contributed by atoms with Crippen LogP contribution in [-0.2, 0) is 9.59 Å². The second kappa shape index (κ2) is 8.32. The van der Waals surface area contributed by atoms with Gasteiger partial charge >= 0.3 is 0 Å². The van der Waals surface area contributed by atoms with Gasteiger partial charge in [0.1, 0.15) is 0 Å². The number of amides is 2. The third-order valence-corrected chi connectivity index (χ3v) is 4.75. The van der Waals surface area contributed by atoms with E-state index in [9.17, 15) is 9.59 Å². The second-order valence-electron chi connectivity index (χ2n) is 9.06. The van der Waals surface area contributed by atoms with Gasteiger partial charge in [0.2, 0.25) is 11.8 Å². The van der Waals surface area contributed by atoms with Crippen LogP contribution in [0, 0.1) is 17.3 Å². The van der Waals surface area contributed by atoms with Gasteiger partial charge in [-0.1, -0.05) is 41.5 Å². The molecule has 0 aromatic heterocycles. The Labute approximate surface area is 147 Å². The number of hydrogen-bond acceptors (Lipinski definition) is 3. The number of nitrogens with zero attached hydrogens (tertiary/aromatic N) is 2. The van der Waals surface area contributed by atoms with Crippen LogP contribution in [0.3, 0.4) is 0 Å². The minimum Gasteiger partial charge on any atom is -0.338 e. The fourth-order valence-corrected chi connectivity index (χ4v) is 3.56. The average molecular weight is 340 g/mol. The molecule has 1 aliphatic rings. The van der Waals surface area contributed by atoms with Gasteiger partial charge in [0.25, 0.3) is 0 Å². The monoisotopic (exact) mass is 339 g/mol. The molecule has 1 saturated heterocycles. The largest absolute Gasteiger partial charge is 0.338 e. The number of hydrogen-bond donors (Lipinski definition) is 1. The molecule has 5 nitrogen and oxygen atoms in total. The standard InChI is InChI=1S/C19H37N3O2/c1-13(2)17(20)18(24)21-8-9-22(15(4)12-21)16(23)10-14(3)11-19(5,6)7/h13-15,17H,8-12,20H2,1-7H3/t14-,15+,17-/m1/s1. The predicted molar refractivity (Wildman–Crippen MR) is 98.4 cm³/mol. The number of carbonyl (C=O) groups is 2. The SMILES string of the molecule is CC(C)[C@@H](N)C(=O)N1CCN(C(=O)C[C@@H](C)CC(C)(C)C)[C@@H](C)C1. The lowest BCUT2D eigenvalue weighted by molar-refractivity contribution is -0.144. The molecule has 140 valence electrons. The van der Waals surface area contributed by atoms with E-state index in [1.165, 1.54) is 0 Å². The van der Waals surface area contributed by atoms with Crippen LogP contribution in [0.4, 0.5) is 0 Å². The van der Waals surface area contributed by atoms with Crippen molar-refractivity contribution in [3.8, 4) is 0 Å². The molecule has 0 spiro atoms. The van der Waals surface area contributed by atoms with E-state index in [-0.39, 0.29) is 29.2 Å². The van der Waals surface area contributed by atoms with Gasteiger partial charge < -0.3 is 15.5 Å². The molecule has 1 aliphatic heterocycles. The van der Waals surface area contributed by atoms with Gasteiger partial charge in [0, 0.05) is 32.1 Å². The lowest BCUT2D eigenvalue weighted by Crippen LogP contribution is -2.58. The predicted octanol–water partition coefficient (Wildman–Crippen LogP) is 2.49. The van der Waals surface area contributed by atoms with E-state index in [0.717, 1.165) is 6.42 Å². The maximum atomic E-state index is 12.6. The smallest absolute Gasteiger partial charge is 0.239 e. The van der Waals surface area contributed by atoms with Crippen molar-refractivity contribution in [2.24, 2.45) is 23.0 Å². The zero-order valence-corrected chi connectivity index (χ0v) is 16.6. The first-order valence-corrected chi connectivity index (χ1v) is 9.26. The summed E-state index contributed by atoms with van der Waals surface area (Å²) in [5.41, 5.74) is 6.22. The van der Waals surface area contributed by atoms with Gasteiger partial charge in [-0.3, -0.25) is 9.59 Å². The molecule has 0 radical (unpaired) electrons. The summed E-state index contributed by atoms with van der Waals surface area (Å²) in [4.78, 5) is 28.8. The minimum atomic E-state index is -0.453. The van der Waals surface area contributed by atoms with Gasteiger partial charge in [-0.15, -0.1) is 0 Å². The van der Waals surface area contributed by atoms with Crippen LogP contribution in [0.5, 0.6) is 0 Å². The summed E-state index contributed by atoms with van der Waals surface area (Å²) in [5, 5.41) is 0. The summed E-state index contributed by atoms with van der Waals surface area (Å²) < 4.78 is 0. The van der Waals surface area contributed by atoms with E-state index in [1.54, 1.807) is 0 Å². The summed E-state index contributed by atoms with van der Waals surface area (Å²) in [6.07, 6.45) is 1.62. The Hall–Kier alpha value is -1.10. The van der Waals surface area contributed by atoms with Crippen LogP contribution < -0.4 is 5.73 Å². The quantitative estimate of drug-likeness (QED) is 0.837. The Balaban J connectivity index is 2.57. The Morgan fingerprint density at radius 1 is 1.17 bits per heavy atom. The van der Waals surface area contributed by atoms with E-state index < -0.39 is 6.04 Å². The highest BCUT2D eigenvalue weighted by atomic mass is 16.2. The lowest BCUT2D eigenvalue weighted by Gasteiger charge is -2.41. The lowest BCUT2D eigenvalue weighted by atomic mass is 9.84. The maximum Gasteiger partial charge on any atom is 0.239 e. The van der Waals surface area contributed by atoms with E-state index >= 15 is 0 Å². The van der Waals surface area contributed by atoms with Gasteiger partial charge in [-0.2, -0.15) is 0 Å². The number of carbonyl (C=O) groups excluding carboxylic acids is 2. The second-order valence-corrected chi connectivity index (χ2v) is 9.06. The van der Waals surface area contributed by atoms with Crippen LogP contribution in [0.25, 0.3) is 0 Å². The Morgan fingerprint density at radius 3 is 2.21 bits per heavy atom. The topological polar surface area (TPSA) is 66.6 Å². The van der Waals surface area contributed by atoms with E-state index in [2.05, 4.69) is 27.7 Å². The summed E-state index contributed by atoms with van der Waals surface area (Å²) in [5.74, 6) is 0.717. The van der Waals surface area contributed by atoms with Gasteiger partial charge in [-0.25, -0.2) is 0 Å². The molecule has 0 unspecified atom stereocenters. The number of rotatable bonds is 5. The molecule has 1 rings (SSSR count). The van der Waals surface area contributed by atoms with Crippen LogP contribution in [0.2, 0.25) is 0 Å². The van der Waals surface area contributed by atoms with Gasteiger partial charge in [0.05, 0.1) is 6.04 Å². The summed E-state index contributed by atoms with van der Waals surface area (Å²) in [6, 6.07) is -0.400. The van der Waals surface area contributed by atoms with Crippen LogP contribution >= 0.6 is 0 Å². The first-order chi connectivity index (χ1) is 10.9. The molecule has 24 heavy (non-hydrogen) atoms. The molecule has 0 aliphatic carbocycles. The highest BCUT2D eigenvalue weighted by Gasteiger charge is 2.33. The maximum absolute atomic E-state index is 12.6. The Morgan fingerprint density at radius 2 is 1.75 bits per heavy atom. The Kier molecular flexibility index (Phi) is 7.26. The van der Waals surface area contributed by atoms with Crippen LogP contribution in [0.1, 0.15) is 61.3 Å². The summed E-state index contributed by atoms with van der Waals surface area (Å²) in [7, 11) is 0. The van der Waals surface area contributed by atoms with Crippen molar-refractivity contribution < 1.29 is 9.59 Å². The molecule has 1 fully saturated rings. The zero-order valence-electron chi connectivity index (χ0n) is 16.6. The highest BCUT2D eigenvalue weighted by Crippen LogP contribution is 2.27. The first kappa shape index (κ1) is 20.9. The molecule has 0 bridgehead atoms.